The van der Waals surface area contributed by atoms with Crippen molar-refractivity contribution >= 4 is 23.3 Å². The number of pyridine rings is 1. The van der Waals surface area contributed by atoms with Crippen molar-refractivity contribution in [1.29, 1.82) is 0 Å². The Morgan fingerprint density at radius 3 is 2.58 bits per heavy atom. The van der Waals surface area contributed by atoms with Crippen molar-refractivity contribution in [3.05, 3.63) is 42.5 Å². The van der Waals surface area contributed by atoms with Crippen LogP contribution in [-0.2, 0) is 4.79 Å². The molecular weight excluding hydrogens is 308 g/mol. The smallest absolute Gasteiger partial charge is 0.254 e. The topological polar surface area (TPSA) is 87.5 Å². The molecule has 2 aromatic heterocycles. The minimum Gasteiger partial charge on any atom is -0.472 e. The largest absolute Gasteiger partial charge is 0.472 e. The number of aromatic nitrogens is 1. The summed E-state index contributed by atoms with van der Waals surface area (Å²) in [6, 6.07) is 5.27. The van der Waals surface area contributed by atoms with E-state index in [-0.39, 0.29) is 24.8 Å². The highest BCUT2D eigenvalue weighted by Crippen LogP contribution is 2.13. The lowest BCUT2D eigenvalue weighted by molar-refractivity contribution is -0.116. The number of carbonyl (C=O) groups excluding carboxylic acids is 2. The average molecular weight is 330 g/mol. The van der Waals surface area contributed by atoms with Gasteiger partial charge in [0.25, 0.3) is 5.91 Å². The van der Waals surface area contributed by atoms with Crippen molar-refractivity contribution < 1.29 is 14.0 Å². The van der Waals surface area contributed by atoms with Gasteiger partial charge in [0.05, 0.1) is 23.7 Å². The van der Waals surface area contributed by atoms with E-state index in [9.17, 15) is 9.59 Å². The molecule has 2 aromatic rings. The molecule has 24 heavy (non-hydrogen) atoms. The van der Waals surface area contributed by atoms with Gasteiger partial charge >= 0.3 is 0 Å². The van der Waals surface area contributed by atoms with Crippen LogP contribution in [0.3, 0.4) is 0 Å². The van der Waals surface area contributed by atoms with Crippen LogP contribution < -0.4 is 15.5 Å². The molecule has 0 bridgehead atoms. The monoisotopic (exact) mass is 330 g/mol. The molecule has 0 spiro atoms. The van der Waals surface area contributed by atoms with Crippen molar-refractivity contribution in [1.82, 2.24) is 10.3 Å². The van der Waals surface area contributed by atoms with Crippen LogP contribution in [0.5, 0.6) is 0 Å². The van der Waals surface area contributed by atoms with Crippen LogP contribution in [0.4, 0.5) is 11.5 Å². The lowest BCUT2D eigenvalue weighted by Crippen LogP contribution is -2.27. The molecule has 0 aliphatic rings. The number of hydrogen-bond donors (Lipinski definition) is 2. The van der Waals surface area contributed by atoms with Gasteiger partial charge < -0.3 is 20.0 Å². The average Bonchev–Trinajstić information content (AvgIpc) is 3.12. The standard InChI is InChI=1S/C17H22N4O3/c1-3-21(4-2)15-6-5-14(11-19-15)20-16(22)7-9-18-17(23)13-8-10-24-12-13/h5-6,8,10-12H,3-4,7,9H2,1-2H3,(H,18,23)(H,20,22). The molecule has 0 saturated heterocycles. The molecule has 0 saturated carbocycles. The molecule has 0 fully saturated rings. The Morgan fingerprint density at radius 2 is 2.00 bits per heavy atom. The molecule has 2 N–H and O–H groups in total. The second-order valence-electron chi connectivity index (χ2n) is 5.14. The van der Waals surface area contributed by atoms with Gasteiger partial charge in [-0.15, -0.1) is 0 Å². The number of rotatable bonds is 8. The van der Waals surface area contributed by atoms with Crippen LogP contribution in [0.15, 0.2) is 41.3 Å². The van der Waals surface area contributed by atoms with Gasteiger partial charge in [0, 0.05) is 26.1 Å². The number of carbonyl (C=O) groups is 2. The van der Waals surface area contributed by atoms with Gasteiger partial charge in [0.2, 0.25) is 5.91 Å². The summed E-state index contributed by atoms with van der Waals surface area (Å²) in [7, 11) is 0. The highest BCUT2D eigenvalue weighted by Gasteiger charge is 2.08. The number of anilines is 2. The third-order valence-electron chi connectivity index (χ3n) is 3.54. The molecule has 0 unspecified atom stereocenters. The first-order valence-electron chi connectivity index (χ1n) is 7.95. The third kappa shape index (κ3) is 4.84. The van der Waals surface area contributed by atoms with E-state index in [1.54, 1.807) is 12.3 Å². The SMILES string of the molecule is CCN(CC)c1ccc(NC(=O)CCNC(=O)c2ccoc2)cn1. The summed E-state index contributed by atoms with van der Waals surface area (Å²) >= 11 is 0. The highest BCUT2D eigenvalue weighted by molar-refractivity contribution is 5.94. The number of amides is 2. The Morgan fingerprint density at radius 1 is 1.21 bits per heavy atom. The number of hydrogen-bond acceptors (Lipinski definition) is 5. The fourth-order valence-electron chi connectivity index (χ4n) is 2.20. The van der Waals surface area contributed by atoms with E-state index in [0.717, 1.165) is 18.9 Å². The molecular formula is C17H22N4O3. The second kappa shape index (κ2) is 8.71. The summed E-state index contributed by atoms with van der Waals surface area (Å²) in [5, 5.41) is 5.42. The van der Waals surface area contributed by atoms with E-state index in [2.05, 4.69) is 34.4 Å². The van der Waals surface area contributed by atoms with E-state index in [1.165, 1.54) is 12.5 Å². The molecule has 0 radical (unpaired) electrons. The minimum absolute atomic E-state index is 0.181. The quantitative estimate of drug-likeness (QED) is 0.775. The minimum atomic E-state index is -0.262. The van der Waals surface area contributed by atoms with E-state index in [0.29, 0.717) is 11.3 Å². The van der Waals surface area contributed by atoms with E-state index in [1.807, 2.05) is 12.1 Å². The van der Waals surface area contributed by atoms with E-state index >= 15 is 0 Å². The van der Waals surface area contributed by atoms with Crippen molar-refractivity contribution in [3.63, 3.8) is 0 Å². The molecule has 0 aliphatic carbocycles. The van der Waals surface area contributed by atoms with Gasteiger partial charge in [-0.25, -0.2) is 4.98 Å². The van der Waals surface area contributed by atoms with E-state index in [4.69, 9.17) is 4.42 Å². The maximum absolute atomic E-state index is 11.9. The summed E-state index contributed by atoms with van der Waals surface area (Å²) in [4.78, 5) is 30.0. The van der Waals surface area contributed by atoms with Crippen LogP contribution in [0.2, 0.25) is 0 Å². The fraction of sp³-hybridized carbons (Fsp3) is 0.353. The second-order valence-corrected chi connectivity index (χ2v) is 5.14. The van der Waals surface area contributed by atoms with Gasteiger partial charge in [0.15, 0.2) is 0 Å². The predicted molar refractivity (Wildman–Crippen MR) is 92.1 cm³/mol. The first kappa shape index (κ1) is 17.5. The highest BCUT2D eigenvalue weighted by atomic mass is 16.3. The van der Waals surface area contributed by atoms with Gasteiger partial charge in [-0.1, -0.05) is 0 Å². The van der Waals surface area contributed by atoms with Crippen LogP contribution in [-0.4, -0.2) is 36.4 Å². The Balaban J connectivity index is 1.77. The molecule has 0 atom stereocenters. The first-order valence-corrected chi connectivity index (χ1v) is 7.95. The van der Waals surface area contributed by atoms with Gasteiger partial charge in [-0.05, 0) is 32.0 Å². The number of nitrogens with zero attached hydrogens (tertiary/aromatic N) is 2. The maximum atomic E-state index is 11.9. The Hall–Kier alpha value is -2.83. The van der Waals surface area contributed by atoms with Crippen LogP contribution in [0, 0.1) is 0 Å². The zero-order chi connectivity index (χ0) is 17.4. The van der Waals surface area contributed by atoms with E-state index < -0.39 is 0 Å². The van der Waals surface area contributed by atoms with Gasteiger partial charge in [-0.3, -0.25) is 9.59 Å². The zero-order valence-electron chi connectivity index (χ0n) is 13.9. The molecule has 2 heterocycles. The molecule has 7 heteroatoms. The number of furan rings is 1. The van der Waals surface area contributed by atoms with Crippen LogP contribution in [0.1, 0.15) is 30.6 Å². The maximum Gasteiger partial charge on any atom is 0.254 e. The first-order chi connectivity index (χ1) is 11.6. The van der Waals surface area contributed by atoms with Gasteiger partial charge in [-0.2, -0.15) is 0 Å². The lowest BCUT2D eigenvalue weighted by Gasteiger charge is -2.19. The summed E-state index contributed by atoms with van der Waals surface area (Å²) in [5.41, 5.74) is 1.07. The predicted octanol–water partition coefficient (Wildman–Crippen LogP) is 2.28. The lowest BCUT2D eigenvalue weighted by atomic mass is 10.3. The van der Waals surface area contributed by atoms with Crippen LogP contribution >= 0.6 is 0 Å². The van der Waals surface area contributed by atoms with Crippen LogP contribution in [0.25, 0.3) is 0 Å². The normalized spacial score (nSPS) is 10.2. The third-order valence-corrected chi connectivity index (χ3v) is 3.54. The summed E-state index contributed by atoms with van der Waals surface area (Å²) in [6.07, 6.45) is 4.60. The summed E-state index contributed by atoms with van der Waals surface area (Å²) < 4.78 is 4.83. The van der Waals surface area contributed by atoms with Gasteiger partial charge in [0.1, 0.15) is 12.1 Å². The molecule has 7 nitrogen and oxygen atoms in total. The molecule has 2 amide bonds. The molecule has 128 valence electrons. The zero-order valence-corrected chi connectivity index (χ0v) is 13.9. The Kier molecular flexibility index (Phi) is 6.36. The van der Waals surface area contributed by atoms with Crippen molar-refractivity contribution in [2.24, 2.45) is 0 Å². The molecule has 0 aromatic carbocycles. The number of nitrogens with one attached hydrogen (secondary N) is 2. The van der Waals surface area contributed by atoms with Crippen molar-refractivity contribution in [3.8, 4) is 0 Å². The summed E-state index contributed by atoms with van der Waals surface area (Å²) in [5.74, 6) is 0.437. The van der Waals surface area contributed by atoms with Crippen molar-refractivity contribution in [2.75, 3.05) is 29.9 Å². The fourth-order valence-corrected chi connectivity index (χ4v) is 2.20. The molecule has 2 rings (SSSR count). The Labute approximate surface area is 141 Å². The summed E-state index contributed by atoms with van der Waals surface area (Å²) in [6.45, 7) is 6.15. The Bertz CT molecular complexity index is 649. The molecule has 0 aliphatic heterocycles. The van der Waals surface area contributed by atoms with Crippen molar-refractivity contribution in [2.45, 2.75) is 20.3 Å².